The molecule has 170 valence electrons. The molecule has 0 saturated heterocycles. The number of carbonyl (C=O) groups excluding carboxylic acids is 2. The Hall–Kier alpha value is -4.65. The maximum Gasteiger partial charge on any atom is 0.255 e. The summed E-state index contributed by atoms with van der Waals surface area (Å²) in [4.78, 5) is 36.2. The summed E-state index contributed by atoms with van der Waals surface area (Å²) in [6.07, 6.45) is 1.74. The van der Waals surface area contributed by atoms with Gasteiger partial charge in [-0.1, -0.05) is 42.5 Å². The highest BCUT2D eigenvalue weighted by molar-refractivity contribution is 6.04. The van der Waals surface area contributed by atoms with Crippen LogP contribution >= 0.6 is 0 Å². The van der Waals surface area contributed by atoms with Crippen molar-refractivity contribution in [3.63, 3.8) is 0 Å². The molecule has 0 fully saturated rings. The minimum absolute atomic E-state index is 0.0677. The number of anilines is 1. The molecule has 7 heteroatoms. The summed E-state index contributed by atoms with van der Waals surface area (Å²) in [7, 11) is 0. The zero-order chi connectivity index (χ0) is 23.9. The Labute approximate surface area is 196 Å². The lowest BCUT2D eigenvalue weighted by Crippen LogP contribution is -2.18. The largest absolute Gasteiger partial charge is 0.488 e. The number of amides is 2. The van der Waals surface area contributed by atoms with Gasteiger partial charge in [0, 0.05) is 23.5 Å². The van der Waals surface area contributed by atoms with Gasteiger partial charge in [0.05, 0.1) is 12.1 Å². The molecule has 0 atom stereocenters. The van der Waals surface area contributed by atoms with Gasteiger partial charge in [-0.3, -0.25) is 14.4 Å². The summed E-state index contributed by atoms with van der Waals surface area (Å²) in [6, 6.07) is 26.2. The van der Waals surface area contributed by atoms with Crippen LogP contribution in [0, 0.1) is 0 Å². The van der Waals surface area contributed by atoms with Gasteiger partial charge in [0.2, 0.25) is 0 Å². The summed E-state index contributed by atoms with van der Waals surface area (Å²) in [5.41, 5.74) is 8.46. The van der Waals surface area contributed by atoms with E-state index in [0.29, 0.717) is 29.1 Å². The van der Waals surface area contributed by atoms with Crippen LogP contribution in [0.3, 0.4) is 0 Å². The molecular formula is C27H23N3O4. The van der Waals surface area contributed by atoms with Gasteiger partial charge >= 0.3 is 0 Å². The second-order valence-electron chi connectivity index (χ2n) is 7.67. The van der Waals surface area contributed by atoms with E-state index in [1.165, 1.54) is 6.07 Å². The zero-order valence-corrected chi connectivity index (χ0v) is 18.3. The molecule has 0 radical (unpaired) electrons. The number of hydrogen-bond donors (Lipinski definition) is 2. The van der Waals surface area contributed by atoms with Crippen LogP contribution in [0.15, 0.2) is 102 Å². The second-order valence-corrected chi connectivity index (χ2v) is 7.67. The third-order valence-electron chi connectivity index (χ3n) is 5.20. The molecule has 4 rings (SSSR count). The molecule has 7 nitrogen and oxygen atoms in total. The Balaban J connectivity index is 1.39. The lowest BCUT2D eigenvalue weighted by molar-refractivity contribution is 0.0994. The number of benzene rings is 3. The third-order valence-corrected chi connectivity index (χ3v) is 5.20. The first-order valence-electron chi connectivity index (χ1n) is 10.7. The highest BCUT2D eigenvalue weighted by atomic mass is 16.5. The number of hydrogen-bond acceptors (Lipinski definition) is 4. The number of rotatable bonds is 8. The Bertz CT molecular complexity index is 1380. The van der Waals surface area contributed by atoms with Crippen LogP contribution in [0.25, 0.3) is 0 Å². The summed E-state index contributed by atoms with van der Waals surface area (Å²) >= 11 is 0. The molecule has 0 spiro atoms. The van der Waals surface area contributed by atoms with Crippen LogP contribution < -0.4 is 21.3 Å². The average molecular weight is 453 g/mol. The molecule has 34 heavy (non-hydrogen) atoms. The number of primary amides is 1. The van der Waals surface area contributed by atoms with Crippen LogP contribution in [-0.2, 0) is 13.2 Å². The van der Waals surface area contributed by atoms with Crippen LogP contribution in [0.1, 0.15) is 31.8 Å². The number of carbonyl (C=O) groups is 2. The SMILES string of the molecule is NC(=O)c1ccccc1OCc1cccc(C(=O)Nc2ccc(Cn3ccccc3=O)cc2)c1. The maximum atomic E-state index is 12.7. The van der Waals surface area contributed by atoms with E-state index in [9.17, 15) is 14.4 Å². The van der Waals surface area contributed by atoms with Gasteiger partial charge in [-0.25, -0.2) is 0 Å². The van der Waals surface area contributed by atoms with E-state index in [-0.39, 0.29) is 18.1 Å². The van der Waals surface area contributed by atoms with Gasteiger partial charge in [-0.2, -0.15) is 0 Å². The third kappa shape index (κ3) is 5.58. The number of para-hydroxylation sites is 1. The van der Waals surface area contributed by atoms with Crippen LogP contribution in [-0.4, -0.2) is 16.4 Å². The molecule has 0 aliphatic rings. The standard InChI is InChI=1S/C27H23N3O4/c28-26(32)23-8-1-2-9-24(23)34-18-20-6-5-7-21(16-20)27(33)29-22-13-11-19(12-14-22)17-30-15-4-3-10-25(30)31/h1-16H,17-18H2,(H2,28,32)(H,29,33). The van der Waals surface area contributed by atoms with E-state index in [2.05, 4.69) is 5.32 Å². The fourth-order valence-electron chi connectivity index (χ4n) is 3.44. The van der Waals surface area contributed by atoms with E-state index in [1.807, 2.05) is 24.3 Å². The van der Waals surface area contributed by atoms with Crippen molar-refractivity contribution in [3.05, 3.63) is 130 Å². The molecule has 0 aliphatic heterocycles. The fourth-order valence-corrected chi connectivity index (χ4v) is 3.44. The Morgan fingerprint density at radius 2 is 1.62 bits per heavy atom. The number of nitrogens with zero attached hydrogens (tertiary/aromatic N) is 1. The van der Waals surface area contributed by atoms with Crippen molar-refractivity contribution >= 4 is 17.5 Å². The Morgan fingerprint density at radius 1 is 0.853 bits per heavy atom. The van der Waals surface area contributed by atoms with Crippen molar-refractivity contribution in [1.82, 2.24) is 4.57 Å². The molecule has 0 bridgehead atoms. The second kappa shape index (κ2) is 10.3. The molecule has 3 N–H and O–H groups in total. The van der Waals surface area contributed by atoms with Crippen LogP contribution in [0.4, 0.5) is 5.69 Å². The molecule has 4 aromatic rings. The number of pyridine rings is 1. The molecule has 0 unspecified atom stereocenters. The van der Waals surface area contributed by atoms with Gasteiger partial charge in [0.25, 0.3) is 17.4 Å². The molecule has 3 aromatic carbocycles. The van der Waals surface area contributed by atoms with Gasteiger partial charge in [0.1, 0.15) is 12.4 Å². The predicted octanol–water partition coefficient (Wildman–Crippen LogP) is 3.83. The van der Waals surface area contributed by atoms with E-state index in [0.717, 1.165) is 11.1 Å². The number of nitrogens with one attached hydrogen (secondary N) is 1. The van der Waals surface area contributed by atoms with E-state index < -0.39 is 5.91 Å². The lowest BCUT2D eigenvalue weighted by Gasteiger charge is -2.11. The van der Waals surface area contributed by atoms with Crippen molar-refractivity contribution in [1.29, 1.82) is 0 Å². The van der Waals surface area contributed by atoms with Crippen LogP contribution in [0.2, 0.25) is 0 Å². The summed E-state index contributed by atoms with van der Waals surface area (Å²) < 4.78 is 7.37. The maximum absolute atomic E-state index is 12.7. The number of ether oxygens (including phenoxy) is 1. The Kier molecular flexibility index (Phi) is 6.84. The fraction of sp³-hybridized carbons (Fsp3) is 0.0741. The lowest BCUT2D eigenvalue weighted by atomic mass is 10.1. The first-order chi connectivity index (χ1) is 16.5. The van der Waals surface area contributed by atoms with E-state index >= 15 is 0 Å². The van der Waals surface area contributed by atoms with Crippen LogP contribution in [0.5, 0.6) is 5.75 Å². The molecule has 2 amide bonds. The summed E-state index contributed by atoms with van der Waals surface area (Å²) in [5.74, 6) is -0.431. The van der Waals surface area contributed by atoms with Crippen molar-refractivity contribution in [3.8, 4) is 5.75 Å². The number of aromatic nitrogens is 1. The smallest absolute Gasteiger partial charge is 0.255 e. The highest BCUT2D eigenvalue weighted by Crippen LogP contribution is 2.19. The first kappa shape index (κ1) is 22.5. The monoisotopic (exact) mass is 453 g/mol. The zero-order valence-electron chi connectivity index (χ0n) is 18.3. The van der Waals surface area contributed by atoms with Gasteiger partial charge in [0.15, 0.2) is 0 Å². The van der Waals surface area contributed by atoms with E-state index in [4.69, 9.17) is 10.5 Å². The van der Waals surface area contributed by atoms with Gasteiger partial charge in [-0.15, -0.1) is 0 Å². The normalized spacial score (nSPS) is 10.5. The van der Waals surface area contributed by atoms with Gasteiger partial charge in [-0.05, 0) is 53.6 Å². The minimum Gasteiger partial charge on any atom is -0.488 e. The number of nitrogens with two attached hydrogens (primary N) is 1. The van der Waals surface area contributed by atoms with E-state index in [1.54, 1.807) is 71.4 Å². The average Bonchev–Trinajstić information content (AvgIpc) is 2.85. The summed E-state index contributed by atoms with van der Waals surface area (Å²) in [5, 5.41) is 2.88. The summed E-state index contributed by atoms with van der Waals surface area (Å²) in [6.45, 7) is 0.633. The van der Waals surface area contributed by atoms with Crippen molar-refractivity contribution < 1.29 is 14.3 Å². The molecule has 0 aliphatic carbocycles. The predicted molar refractivity (Wildman–Crippen MR) is 130 cm³/mol. The first-order valence-corrected chi connectivity index (χ1v) is 10.7. The molecular weight excluding hydrogens is 430 g/mol. The quantitative estimate of drug-likeness (QED) is 0.423. The topological polar surface area (TPSA) is 103 Å². The van der Waals surface area contributed by atoms with Crippen molar-refractivity contribution in [2.75, 3.05) is 5.32 Å². The molecule has 1 aromatic heterocycles. The van der Waals surface area contributed by atoms with Crippen molar-refractivity contribution in [2.45, 2.75) is 13.2 Å². The minimum atomic E-state index is -0.564. The molecule has 0 saturated carbocycles. The van der Waals surface area contributed by atoms with Gasteiger partial charge < -0.3 is 20.4 Å². The van der Waals surface area contributed by atoms with Crippen molar-refractivity contribution in [2.24, 2.45) is 5.73 Å². The Morgan fingerprint density at radius 3 is 2.38 bits per heavy atom. The highest BCUT2D eigenvalue weighted by Gasteiger charge is 2.10. The molecule has 1 heterocycles.